The molecule has 2 saturated carbocycles. The van der Waals surface area contributed by atoms with Crippen molar-refractivity contribution in [3.63, 3.8) is 0 Å². The number of hydrogen-bond acceptors (Lipinski definition) is 2. The number of rotatable bonds is 4. The van der Waals surface area contributed by atoms with E-state index in [0.717, 1.165) is 19.1 Å². The summed E-state index contributed by atoms with van der Waals surface area (Å²) in [7, 11) is 0. The molecule has 3 fully saturated rings. The van der Waals surface area contributed by atoms with Crippen molar-refractivity contribution in [2.24, 2.45) is 16.3 Å². The molecule has 1 saturated heterocycles. The summed E-state index contributed by atoms with van der Waals surface area (Å²) in [6.07, 6.45) is 5.65. The molecule has 4 unspecified atom stereocenters. The molecule has 0 radical (unpaired) electrons. The van der Waals surface area contributed by atoms with Gasteiger partial charge in [0.25, 0.3) is 0 Å². The van der Waals surface area contributed by atoms with Crippen LogP contribution in [0.3, 0.4) is 0 Å². The van der Waals surface area contributed by atoms with Gasteiger partial charge in [0.2, 0.25) is 0 Å². The second kappa shape index (κ2) is 7.82. The van der Waals surface area contributed by atoms with Crippen LogP contribution in [0.5, 0.6) is 0 Å². The number of benzene rings is 1. The lowest BCUT2D eigenvalue weighted by molar-refractivity contribution is -0.171. The molecule has 4 rings (SSSR count). The van der Waals surface area contributed by atoms with Gasteiger partial charge in [-0.3, -0.25) is 4.99 Å². The molecule has 4 atom stereocenters. The minimum Gasteiger partial charge on any atom is -0.377 e. The van der Waals surface area contributed by atoms with Gasteiger partial charge in [-0.1, -0.05) is 36.8 Å². The van der Waals surface area contributed by atoms with E-state index in [9.17, 15) is 0 Å². The summed E-state index contributed by atoms with van der Waals surface area (Å²) in [6, 6.07) is 11.3. The lowest BCUT2D eigenvalue weighted by Crippen LogP contribution is -2.72. The van der Waals surface area contributed by atoms with Crippen LogP contribution in [0, 0.1) is 11.3 Å². The van der Waals surface area contributed by atoms with Gasteiger partial charge < -0.3 is 15.4 Å². The van der Waals surface area contributed by atoms with Gasteiger partial charge in [0.15, 0.2) is 5.96 Å². The zero-order valence-corrected chi connectivity index (χ0v) is 17.5. The summed E-state index contributed by atoms with van der Waals surface area (Å²) in [5.74, 6) is 1.62. The Hall–Kier alpha value is -0.820. The van der Waals surface area contributed by atoms with E-state index in [4.69, 9.17) is 9.73 Å². The molecule has 0 bridgehead atoms. The van der Waals surface area contributed by atoms with E-state index in [0.29, 0.717) is 23.5 Å². The molecule has 1 aliphatic heterocycles. The molecule has 1 aromatic carbocycles. The van der Waals surface area contributed by atoms with Gasteiger partial charge in [-0.15, -0.1) is 24.0 Å². The summed E-state index contributed by atoms with van der Waals surface area (Å²) in [6.45, 7) is 6.02. The zero-order valence-electron chi connectivity index (χ0n) is 15.2. The van der Waals surface area contributed by atoms with Crippen molar-refractivity contribution >= 4 is 29.9 Å². The molecule has 4 nitrogen and oxygen atoms in total. The Bertz CT molecular complexity index is 602. The SMILES string of the molecule is CCN=C(NC(C)c1ccccc1)NC1C2CCOC2C12CCC2.I. The molecule has 25 heavy (non-hydrogen) atoms. The fourth-order valence-corrected chi connectivity index (χ4v) is 4.92. The molecular weight excluding hydrogens is 425 g/mol. The number of halogens is 1. The quantitative estimate of drug-likeness (QED) is 0.412. The number of guanidine groups is 1. The van der Waals surface area contributed by atoms with Crippen LogP contribution >= 0.6 is 24.0 Å². The van der Waals surface area contributed by atoms with E-state index in [1.54, 1.807) is 0 Å². The maximum atomic E-state index is 6.03. The Morgan fingerprint density at radius 3 is 2.72 bits per heavy atom. The number of hydrogen-bond donors (Lipinski definition) is 2. The van der Waals surface area contributed by atoms with Crippen LogP contribution in [-0.4, -0.2) is 31.3 Å². The molecule has 0 amide bonds. The van der Waals surface area contributed by atoms with Gasteiger partial charge in [0.05, 0.1) is 12.1 Å². The first-order valence-corrected chi connectivity index (χ1v) is 9.48. The highest BCUT2D eigenvalue weighted by Gasteiger charge is 2.66. The Morgan fingerprint density at radius 2 is 2.08 bits per heavy atom. The second-order valence-electron chi connectivity index (χ2n) is 7.55. The first-order valence-electron chi connectivity index (χ1n) is 9.48. The van der Waals surface area contributed by atoms with E-state index in [1.807, 2.05) is 0 Å². The minimum atomic E-state index is 0. The van der Waals surface area contributed by atoms with Crippen molar-refractivity contribution in [2.45, 2.75) is 57.7 Å². The lowest BCUT2D eigenvalue weighted by Gasteiger charge is -2.63. The van der Waals surface area contributed by atoms with Crippen molar-refractivity contribution in [1.29, 1.82) is 0 Å². The molecular formula is C20H30IN3O. The third-order valence-electron chi connectivity index (χ3n) is 6.30. The standard InChI is InChI=1S/C20H29N3O.HI/c1-3-21-19(22-14(2)15-8-5-4-6-9-15)23-17-16-10-13-24-18(16)20(17)11-7-12-20;/h4-6,8-9,14,16-18H,3,7,10-13H2,1-2H3,(H2,21,22,23);1H. The van der Waals surface area contributed by atoms with Crippen molar-refractivity contribution in [3.8, 4) is 0 Å². The third-order valence-corrected chi connectivity index (χ3v) is 6.30. The van der Waals surface area contributed by atoms with E-state index >= 15 is 0 Å². The summed E-state index contributed by atoms with van der Waals surface area (Å²) >= 11 is 0. The topological polar surface area (TPSA) is 45.7 Å². The maximum Gasteiger partial charge on any atom is 0.191 e. The largest absolute Gasteiger partial charge is 0.377 e. The predicted molar refractivity (Wildman–Crippen MR) is 112 cm³/mol. The van der Waals surface area contributed by atoms with Crippen molar-refractivity contribution in [2.75, 3.05) is 13.2 Å². The molecule has 1 heterocycles. The second-order valence-corrected chi connectivity index (χ2v) is 7.55. The van der Waals surface area contributed by atoms with Crippen LogP contribution in [0.1, 0.15) is 51.1 Å². The number of nitrogens with one attached hydrogen (secondary N) is 2. The Kier molecular flexibility index (Phi) is 5.93. The normalized spacial score (nSPS) is 30.5. The van der Waals surface area contributed by atoms with Gasteiger partial charge >= 0.3 is 0 Å². The summed E-state index contributed by atoms with van der Waals surface area (Å²) < 4.78 is 6.03. The fraction of sp³-hybridized carbons (Fsp3) is 0.650. The number of fused-ring (bicyclic) bond motifs is 2. The Morgan fingerprint density at radius 1 is 1.32 bits per heavy atom. The summed E-state index contributed by atoms with van der Waals surface area (Å²) in [4.78, 5) is 4.70. The summed E-state index contributed by atoms with van der Waals surface area (Å²) in [5.41, 5.74) is 1.67. The monoisotopic (exact) mass is 455 g/mol. The smallest absolute Gasteiger partial charge is 0.191 e. The van der Waals surface area contributed by atoms with E-state index < -0.39 is 0 Å². The van der Waals surface area contributed by atoms with Crippen molar-refractivity contribution in [3.05, 3.63) is 35.9 Å². The van der Waals surface area contributed by atoms with Crippen molar-refractivity contribution in [1.82, 2.24) is 10.6 Å². The van der Waals surface area contributed by atoms with E-state index in [1.165, 1.54) is 31.2 Å². The van der Waals surface area contributed by atoms with Crippen LogP contribution in [0.15, 0.2) is 35.3 Å². The number of aliphatic imine (C=N–C) groups is 1. The first-order chi connectivity index (χ1) is 11.7. The van der Waals surface area contributed by atoms with E-state index in [-0.39, 0.29) is 30.0 Å². The highest BCUT2D eigenvalue weighted by molar-refractivity contribution is 14.0. The molecule has 1 aromatic rings. The molecule has 1 spiro atoms. The lowest BCUT2D eigenvalue weighted by atomic mass is 9.46. The van der Waals surface area contributed by atoms with Gasteiger partial charge in [-0.2, -0.15) is 0 Å². The Balaban J connectivity index is 0.00000182. The highest BCUT2D eigenvalue weighted by atomic mass is 127. The van der Waals surface area contributed by atoms with Crippen LogP contribution in [0.25, 0.3) is 0 Å². The van der Waals surface area contributed by atoms with Crippen LogP contribution in [0.2, 0.25) is 0 Å². The average Bonchev–Trinajstić information content (AvgIpc) is 2.97. The third kappa shape index (κ3) is 3.29. The predicted octanol–water partition coefficient (Wildman–Crippen LogP) is 3.88. The minimum absolute atomic E-state index is 0. The number of nitrogens with zero attached hydrogens (tertiary/aromatic N) is 1. The van der Waals surface area contributed by atoms with Gasteiger partial charge in [0, 0.05) is 30.5 Å². The van der Waals surface area contributed by atoms with E-state index in [2.05, 4.69) is 54.8 Å². The average molecular weight is 455 g/mol. The molecule has 138 valence electrons. The van der Waals surface area contributed by atoms with Crippen LogP contribution in [0.4, 0.5) is 0 Å². The molecule has 2 N–H and O–H groups in total. The van der Waals surface area contributed by atoms with Crippen LogP contribution < -0.4 is 10.6 Å². The number of ether oxygens (including phenoxy) is 1. The molecule has 5 heteroatoms. The molecule has 0 aromatic heterocycles. The van der Waals surface area contributed by atoms with Crippen molar-refractivity contribution < 1.29 is 4.74 Å². The van der Waals surface area contributed by atoms with Gasteiger partial charge in [-0.05, 0) is 38.7 Å². The fourth-order valence-electron chi connectivity index (χ4n) is 4.92. The molecule has 2 aliphatic carbocycles. The highest BCUT2D eigenvalue weighted by Crippen LogP contribution is 2.62. The molecule has 3 aliphatic rings. The summed E-state index contributed by atoms with van der Waals surface area (Å²) in [5, 5.41) is 7.38. The zero-order chi connectivity index (χ0) is 16.6. The maximum absolute atomic E-state index is 6.03. The van der Waals surface area contributed by atoms with Gasteiger partial charge in [0.1, 0.15) is 0 Å². The van der Waals surface area contributed by atoms with Crippen LogP contribution in [-0.2, 0) is 4.74 Å². The first kappa shape index (κ1) is 19.0. The Labute approximate surface area is 168 Å². The van der Waals surface area contributed by atoms with Gasteiger partial charge in [-0.25, -0.2) is 0 Å².